The summed E-state index contributed by atoms with van der Waals surface area (Å²) in [6, 6.07) is 6.07. The van der Waals surface area contributed by atoms with Gasteiger partial charge in [0.25, 0.3) is 0 Å². The number of thiazole rings is 1. The van der Waals surface area contributed by atoms with Crippen LogP contribution in [0.3, 0.4) is 0 Å². The summed E-state index contributed by atoms with van der Waals surface area (Å²) in [5, 5.41) is 4.88. The molecule has 1 saturated heterocycles. The number of ether oxygens (including phenoxy) is 1. The summed E-state index contributed by atoms with van der Waals surface area (Å²) in [5.74, 6) is -0.792. The normalized spacial score (nSPS) is 17.6. The maximum Gasteiger partial charge on any atom is 0.337 e. The molecule has 1 aliphatic rings. The molecule has 0 saturated carbocycles. The molecule has 0 spiro atoms. The Morgan fingerprint density at radius 2 is 2.00 bits per heavy atom. The second kappa shape index (κ2) is 7.75. The average Bonchev–Trinajstić information content (AvgIpc) is 3.30. The molecule has 1 aromatic heterocycles. The molecule has 1 N–H and O–H groups in total. The highest BCUT2D eigenvalue weighted by molar-refractivity contribution is 7.88. The summed E-state index contributed by atoms with van der Waals surface area (Å²) in [6.45, 7) is 0.354. The lowest BCUT2D eigenvalue weighted by atomic mass is 10.1. The number of aromatic nitrogens is 1. The zero-order valence-electron chi connectivity index (χ0n) is 14.8. The number of hydrogen-bond donors (Lipinski definition) is 1. The van der Waals surface area contributed by atoms with E-state index in [4.69, 9.17) is 0 Å². The van der Waals surface area contributed by atoms with Crippen molar-refractivity contribution in [3.05, 3.63) is 35.2 Å². The van der Waals surface area contributed by atoms with Gasteiger partial charge >= 0.3 is 5.97 Å². The summed E-state index contributed by atoms with van der Waals surface area (Å²) >= 11 is 1.25. The lowest BCUT2D eigenvalue weighted by Gasteiger charge is -2.20. The van der Waals surface area contributed by atoms with Crippen molar-refractivity contribution in [1.82, 2.24) is 9.29 Å². The van der Waals surface area contributed by atoms with Gasteiger partial charge in [-0.15, -0.1) is 11.3 Å². The highest BCUT2D eigenvalue weighted by Crippen LogP contribution is 2.27. The fourth-order valence-corrected chi connectivity index (χ4v) is 4.79. The molecule has 0 bridgehead atoms. The molecule has 0 unspecified atom stereocenters. The minimum atomic E-state index is -3.42. The van der Waals surface area contributed by atoms with Crippen LogP contribution in [0.25, 0.3) is 11.3 Å². The summed E-state index contributed by atoms with van der Waals surface area (Å²) in [6.07, 6.45) is 2.25. The zero-order valence-corrected chi connectivity index (χ0v) is 16.5. The van der Waals surface area contributed by atoms with E-state index >= 15 is 0 Å². The van der Waals surface area contributed by atoms with Crippen LogP contribution in [0.1, 0.15) is 23.2 Å². The molecule has 8 nitrogen and oxygen atoms in total. The maximum absolute atomic E-state index is 12.5. The number of nitrogens with zero attached hydrogens (tertiary/aromatic N) is 2. The van der Waals surface area contributed by atoms with Crippen molar-refractivity contribution in [2.75, 3.05) is 25.2 Å². The predicted octanol–water partition coefficient (Wildman–Crippen LogP) is 1.96. The lowest BCUT2D eigenvalue weighted by Crippen LogP contribution is -2.42. The van der Waals surface area contributed by atoms with Crippen molar-refractivity contribution >= 4 is 38.4 Å². The largest absolute Gasteiger partial charge is 0.465 e. The molecule has 0 radical (unpaired) electrons. The molecule has 2 aromatic rings. The standard InChI is InChI=1S/C17H19N3O5S2/c1-25-16(22)12-7-5-11(6-8-12)13-10-26-17(18-13)19-15(21)14-4-3-9-20(14)27(2,23)24/h5-8,10,14H,3-4,9H2,1-2H3,(H,18,19,21)/t14-/m0/s1. The van der Waals surface area contributed by atoms with E-state index in [0.29, 0.717) is 35.8 Å². The first-order valence-electron chi connectivity index (χ1n) is 8.21. The second-order valence-corrected chi connectivity index (χ2v) is 8.92. The van der Waals surface area contributed by atoms with Crippen LogP contribution in [-0.4, -0.2) is 55.5 Å². The van der Waals surface area contributed by atoms with Crippen LogP contribution in [0, 0.1) is 0 Å². The van der Waals surface area contributed by atoms with Crippen LogP contribution < -0.4 is 5.32 Å². The Hall–Kier alpha value is -2.30. The summed E-state index contributed by atoms with van der Waals surface area (Å²) in [4.78, 5) is 28.3. The molecule has 27 heavy (non-hydrogen) atoms. The molecule has 2 heterocycles. The molecule has 1 aliphatic heterocycles. The number of carbonyl (C=O) groups is 2. The molecule has 1 amide bonds. The first kappa shape index (κ1) is 19.5. The van der Waals surface area contributed by atoms with Gasteiger partial charge in [0.1, 0.15) is 6.04 Å². The predicted molar refractivity (Wildman–Crippen MR) is 102 cm³/mol. The van der Waals surface area contributed by atoms with Gasteiger partial charge in [-0.2, -0.15) is 4.31 Å². The fourth-order valence-electron chi connectivity index (χ4n) is 2.95. The Balaban J connectivity index is 1.71. The van der Waals surface area contributed by atoms with Crippen LogP contribution in [0.4, 0.5) is 5.13 Å². The second-order valence-electron chi connectivity index (χ2n) is 6.13. The Bertz CT molecular complexity index is 953. The molecule has 0 aliphatic carbocycles. The van der Waals surface area contributed by atoms with Crippen molar-refractivity contribution < 1.29 is 22.7 Å². The van der Waals surface area contributed by atoms with E-state index < -0.39 is 22.0 Å². The van der Waals surface area contributed by atoms with Crippen LogP contribution in [0.2, 0.25) is 0 Å². The quantitative estimate of drug-likeness (QED) is 0.757. The summed E-state index contributed by atoms with van der Waals surface area (Å²) in [7, 11) is -2.10. The number of hydrogen-bond acceptors (Lipinski definition) is 7. The van der Waals surface area contributed by atoms with Gasteiger partial charge in [-0.25, -0.2) is 18.2 Å². The molecule has 1 atom stereocenters. The van der Waals surface area contributed by atoms with Gasteiger partial charge in [-0.1, -0.05) is 12.1 Å². The summed E-state index contributed by atoms with van der Waals surface area (Å²) < 4.78 is 29.5. The van der Waals surface area contributed by atoms with Crippen LogP contribution in [0.5, 0.6) is 0 Å². The van der Waals surface area contributed by atoms with Gasteiger partial charge in [0.15, 0.2) is 5.13 Å². The van der Waals surface area contributed by atoms with Gasteiger partial charge in [0, 0.05) is 17.5 Å². The lowest BCUT2D eigenvalue weighted by molar-refractivity contribution is -0.119. The molecule has 3 rings (SSSR count). The number of anilines is 1. The zero-order chi connectivity index (χ0) is 19.6. The van der Waals surface area contributed by atoms with E-state index in [1.165, 1.54) is 22.8 Å². The van der Waals surface area contributed by atoms with Gasteiger partial charge in [-0.3, -0.25) is 4.79 Å². The molecule has 1 fully saturated rings. The molecular formula is C17H19N3O5S2. The Kier molecular flexibility index (Phi) is 5.59. The number of benzene rings is 1. The van der Waals surface area contributed by atoms with E-state index in [1.54, 1.807) is 29.6 Å². The van der Waals surface area contributed by atoms with E-state index in [9.17, 15) is 18.0 Å². The number of sulfonamides is 1. The van der Waals surface area contributed by atoms with Crippen molar-refractivity contribution in [2.45, 2.75) is 18.9 Å². The topological polar surface area (TPSA) is 106 Å². The fraction of sp³-hybridized carbons (Fsp3) is 0.353. The van der Waals surface area contributed by atoms with Gasteiger partial charge in [0.2, 0.25) is 15.9 Å². The number of esters is 1. The average molecular weight is 409 g/mol. The van der Waals surface area contributed by atoms with Gasteiger partial charge < -0.3 is 10.1 Å². The Labute approximate surface area is 161 Å². The van der Waals surface area contributed by atoms with Crippen LogP contribution >= 0.6 is 11.3 Å². The molecule has 10 heteroatoms. The number of methoxy groups -OCH3 is 1. The van der Waals surface area contributed by atoms with E-state index in [-0.39, 0.29) is 5.91 Å². The van der Waals surface area contributed by atoms with Crippen LogP contribution in [-0.2, 0) is 19.6 Å². The van der Waals surface area contributed by atoms with Crippen LogP contribution in [0.15, 0.2) is 29.6 Å². The third-order valence-corrected chi connectivity index (χ3v) is 6.32. The smallest absolute Gasteiger partial charge is 0.337 e. The summed E-state index contributed by atoms with van der Waals surface area (Å²) in [5.41, 5.74) is 1.88. The Morgan fingerprint density at radius 1 is 1.30 bits per heavy atom. The van der Waals surface area contributed by atoms with Crippen molar-refractivity contribution in [3.63, 3.8) is 0 Å². The third kappa shape index (κ3) is 4.34. The van der Waals surface area contributed by atoms with E-state index in [2.05, 4.69) is 15.0 Å². The highest BCUT2D eigenvalue weighted by Gasteiger charge is 2.36. The molecular weight excluding hydrogens is 390 g/mol. The first-order chi connectivity index (χ1) is 12.8. The van der Waals surface area contributed by atoms with Crippen molar-refractivity contribution in [3.8, 4) is 11.3 Å². The Morgan fingerprint density at radius 3 is 2.63 bits per heavy atom. The minimum Gasteiger partial charge on any atom is -0.465 e. The molecule has 144 valence electrons. The third-order valence-electron chi connectivity index (χ3n) is 4.27. The number of rotatable bonds is 5. The molecule has 1 aromatic carbocycles. The van der Waals surface area contributed by atoms with E-state index in [0.717, 1.165) is 11.8 Å². The van der Waals surface area contributed by atoms with Gasteiger partial charge in [-0.05, 0) is 25.0 Å². The highest BCUT2D eigenvalue weighted by atomic mass is 32.2. The number of nitrogens with one attached hydrogen (secondary N) is 1. The van der Waals surface area contributed by atoms with E-state index in [1.807, 2.05) is 0 Å². The maximum atomic E-state index is 12.5. The minimum absolute atomic E-state index is 0.354. The monoisotopic (exact) mass is 409 g/mol. The first-order valence-corrected chi connectivity index (χ1v) is 10.9. The number of amides is 1. The van der Waals surface area contributed by atoms with Crippen molar-refractivity contribution in [1.29, 1.82) is 0 Å². The number of carbonyl (C=O) groups excluding carboxylic acids is 2. The van der Waals surface area contributed by atoms with Gasteiger partial charge in [0.05, 0.1) is 24.6 Å². The SMILES string of the molecule is COC(=O)c1ccc(-c2csc(NC(=O)[C@@H]3CCCN3S(C)(=O)=O)n2)cc1. The van der Waals surface area contributed by atoms with Crippen molar-refractivity contribution in [2.24, 2.45) is 0 Å².